The van der Waals surface area contributed by atoms with Crippen LogP contribution in [0.3, 0.4) is 0 Å². The summed E-state index contributed by atoms with van der Waals surface area (Å²) in [5.41, 5.74) is 5.26. The lowest BCUT2D eigenvalue weighted by atomic mass is 9.83. The van der Waals surface area contributed by atoms with Gasteiger partial charge < -0.3 is 15.8 Å². The molecule has 1 aliphatic heterocycles. The summed E-state index contributed by atoms with van der Waals surface area (Å²) in [4.78, 5) is 14.4. The molecule has 0 radical (unpaired) electrons. The second kappa shape index (κ2) is 6.00. The van der Waals surface area contributed by atoms with E-state index in [0.717, 1.165) is 52.0 Å². The van der Waals surface area contributed by atoms with E-state index >= 15 is 0 Å². The third-order valence-electron chi connectivity index (χ3n) is 5.27. The quantitative estimate of drug-likeness (QED) is 0.780. The minimum absolute atomic E-state index is 0.0892. The predicted molar refractivity (Wildman–Crippen MR) is 79.4 cm³/mol. The van der Waals surface area contributed by atoms with Gasteiger partial charge in [0.25, 0.3) is 0 Å². The summed E-state index contributed by atoms with van der Waals surface area (Å²) in [5.74, 6) is 0.160. The van der Waals surface area contributed by atoms with Crippen molar-refractivity contribution in [3.05, 3.63) is 0 Å². The van der Waals surface area contributed by atoms with Crippen LogP contribution in [-0.2, 0) is 9.53 Å². The highest BCUT2D eigenvalue weighted by Gasteiger charge is 2.46. The highest BCUT2D eigenvalue weighted by Crippen LogP contribution is 2.38. The fraction of sp³-hybridized carbons (Fsp3) is 0.933. The molecule has 1 saturated heterocycles. The average molecular weight is 283 g/mol. The van der Waals surface area contributed by atoms with E-state index in [9.17, 15) is 4.79 Å². The second-order valence-corrected chi connectivity index (χ2v) is 6.82. The first-order chi connectivity index (χ1) is 9.42. The number of ether oxygens (including phenoxy) is 1. The number of carbonyl (C=O) groups excluding carboxylic acids is 1. The molecule has 5 heteroatoms. The SMILES string of the molecule is CNC1(C(N)=O)CCCC1CCN1CCOCC1(C)C. The van der Waals surface area contributed by atoms with Gasteiger partial charge in [-0.15, -0.1) is 0 Å². The van der Waals surface area contributed by atoms with Crippen molar-refractivity contribution in [2.75, 3.05) is 33.4 Å². The molecule has 0 aromatic carbocycles. The smallest absolute Gasteiger partial charge is 0.238 e. The maximum atomic E-state index is 11.9. The van der Waals surface area contributed by atoms with Crippen molar-refractivity contribution in [3.8, 4) is 0 Å². The van der Waals surface area contributed by atoms with Crippen LogP contribution in [0.15, 0.2) is 0 Å². The molecule has 20 heavy (non-hydrogen) atoms. The molecule has 0 aromatic rings. The van der Waals surface area contributed by atoms with Gasteiger partial charge in [-0.1, -0.05) is 6.42 Å². The first-order valence-electron chi connectivity index (χ1n) is 7.74. The van der Waals surface area contributed by atoms with Gasteiger partial charge in [-0.05, 0) is 52.6 Å². The molecule has 116 valence electrons. The number of morpholine rings is 1. The van der Waals surface area contributed by atoms with Crippen LogP contribution in [0.4, 0.5) is 0 Å². The van der Waals surface area contributed by atoms with Crippen LogP contribution in [0.2, 0.25) is 0 Å². The van der Waals surface area contributed by atoms with Crippen LogP contribution < -0.4 is 11.1 Å². The highest BCUT2D eigenvalue weighted by atomic mass is 16.5. The maximum Gasteiger partial charge on any atom is 0.238 e. The van der Waals surface area contributed by atoms with Crippen molar-refractivity contribution in [2.24, 2.45) is 11.7 Å². The van der Waals surface area contributed by atoms with Gasteiger partial charge in [-0.25, -0.2) is 0 Å². The second-order valence-electron chi connectivity index (χ2n) is 6.82. The lowest BCUT2D eigenvalue weighted by Crippen LogP contribution is -2.58. The van der Waals surface area contributed by atoms with E-state index in [1.807, 2.05) is 7.05 Å². The minimum atomic E-state index is -0.490. The largest absolute Gasteiger partial charge is 0.378 e. The lowest BCUT2D eigenvalue weighted by molar-refractivity contribution is -0.126. The van der Waals surface area contributed by atoms with Crippen LogP contribution in [0.1, 0.15) is 39.5 Å². The lowest BCUT2D eigenvalue weighted by Gasteiger charge is -2.43. The van der Waals surface area contributed by atoms with Gasteiger partial charge in [0.1, 0.15) is 5.54 Å². The van der Waals surface area contributed by atoms with E-state index in [1.165, 1.54) is 0 Å². The van der Waals surface area contributed by atoms with Crippen molar-refractivity contribution < 1.29 is 9.53 Å². The molecule has 0 bridgehead atoms. The van der Waals surface area contributed by atoms with Crippen LogP contribution in [0.25, 0.3) is 0 Å². The van der Waals surface area contributed by atoms with Gasteiger partial charge in [-0.2, -0.15) is 0 Å². The van der Waals surface area contributed by atoms with Crippen LogP contribution in [0, 0.1) is 5.92 Å². The Morgan fingerprint density at radius 2 is 2.25 bits per heavy atom. The zero-order chi connectivity index (χ0) is 14.8. The van der Waals surface area contributed by atoms with Crippen molar-refractivity contribution in [1.82, 2.24) is 10.2 Å². The molecular formula is C15H29N3O2. The molecule has 2 aliphatic rings. The van der Waals surface area contributed by atoms with Gasteiger partial charge in [0.05, 0.1) is 13.2 Å². The molecule has 0 spiro atoms. The van der Waals surface area contributed by atoms with Crippen molar-refractivity contribution in [3.63, 3.8) is 0 Å². The zero-order valence-electron chi connectivity index (χ0n) is 13.1. The Labute approximate surface area is 122 Å². The number of hydrogen-bond donors (Lipinski definition) is 2. The Morgan fingerprint density at radius 1 is 1.50 bits per heavy atom. The third-order valence-corrected chi connectivity index (χ3v) is 5.27. The first kappa shape index (κ1) is 15.7. The van der Waals surface area contributed by atoms with E-state index in [0.29, 0.717) is 5.92 Å². The van der Waals surface area contributed by atoms with Gasteiger partial charge in [0, 0.05) is 12.1 Å². The molecule has 2 fully saturated rings. The number of primary amides is 1. The Balaban J connectivity index is 1.97. The molecular weight excluding hydrogens is 254 g/mol. The Hall–Kier alpha value is -0.650. The minimum Gasteiger partial charge on any atom is -0.378 e. The standard InChI is InChI=1S/C15H29N3O2/c1-14(2)11-20-10-9-18(14)8-6-12-5-4-7-15(12,17-3)13(16)19/h12,17H,4-11H2,1-3H3,(H2,16,19). The van der Waals surface area contributed by atoms with E-state index in [4.69, 9.17) is 10.5 Å². The summed E-state index contributed by atoms with van der Waals surface area (Å²) in [7, 11) is 1.86. The number of amides is 1. The molecule has 2 atom stereocenters. The Kier molecular flexibility index (Phi) is 4.72. The van der Waals surface area contributed by atoms with Crippen LogP contribution in [-0.4, -0.2) is 55.2 Å². The Bertz CT molecular complexity index is 359. The van der Waals surface area contributed by atoms with E-state index in [1.54, 1.807) is 0 Å². The summed E-state index contributed by atoms with van der Waals surface area (Å²) in [6.45, 7) is 8.02. The fourth-order valence-corrected chi connectivity index (χ4v) is 3.86. The number of rotatable bonds is 5. The first-order valence-corrected chi connectivity index (χ1v) is 7.74. The van der Waals surface area contributed by atoms with E-state index in [-0.39, 0.29) is 11.4 Å². The predicted octanol–water partition coefficient (Wildman–Crippen LogP) is 0.731. The van der Waals surface area contributed by atoms with Crippen LogP contribution in [0.5, 0.6) is 0 Å². The molecule has 1 amide bonds. The normalized spacial score (nSPS) is 34.2. The summed E-state index contributed by atoms with van der Waals surface area (Å²) in [5, 5.41) is 3.22. The highest BCUT2D eigenvalue weighted by molar-refractivity contribution is 5.85. The topological polar surface area (TPSA) is 67.6 Å². The molecule has 1 heterocycles. The van der Waals surface area contributed by atoms with Gasteiger partial charge in [-0.3, -0.25) is 9.69 Å². The van der Waals surface area contributed by atoms with Crippen molar-refractivity contribution in [1.29, 1.82) is 0 Å². The van der Waals surface area contributed by atoms with Gasteiger partial charge in [0.15, 0.2) is 0 Å². The molecule has 2 rings (SSSR count). The van der Waals surface area contributed by atoms with Crippen LogP contribution >= 0.6 is 0 Å². The maximum absolute atomic E-state index is 11.9. The van der Waals surface area contributed by atoms with Gasteiger partial charge in [0.2, 0.25) is 5.91 Å². The summed E-state index contributed by atoms with van der Waals surface area (Å²) in [6, 6.07) is 0. The summed E-state index contributed by atoms with van der Waals surface area (Å²) >= 11 is 0. The molecule has 1 aliphatic carbocycles. The monoisotopic (exact) mass is 283 g/mol. The molecule has 2 unspecified atom stereocenters. The number of likely N-dealkylation sites (N-methyl/N-ethyl adjacent to an activating group) is 1. The number of nitrogens with one attached hydrogen (secondary N) is 1. The van der Waals surface area contributed by atoms with E-state index < -0.39 is 5.54 Å². The molecule has 3 N–H and O–H groups in total. The van der Waals surface area contributed by atoms with Crippen molar-refractivity contribution in [2.45, 2.75) is 50.6 Å². The number of nitrogens with two attached hydrogens (primary N) is 1. The molecule has 5 nitrogen and oxygen atoms in total. The zero-order valence-corrected chi connectivity index (χ0v) is 13.1. The molecule has 1 saturated carbocycles. The Morgan fingerprint density at radius 3 is 2.85 bits per heavy atom. The summed E-state index contributed by atoms with van der Waals surface area (Å²) < 4.78 is 5.56. The molecule has 0 aromatic heterocycles. The number of nitrogens with zero attached hydrogens (tertiary/aromatic N) is 1. The number of hydrogen-bond acceptors (Lipinski definition) is 4. The third kappa shape index (κ3) is 2.85. The van der Waals surface area contributed by atoms with Gasteiger partial charge >= 0.3 is 0 Å². The summed E-state index contributed by atoms with van der Waals surface area (Å²) in [6.07, 6.45) is 4.07. The number of carbonyl (C=O) groups is 1. The van der Waals surface area contributed by atoms with E-state index in [2.05, 4.69) is 24.1 Å². The fourth-order valence-electron chi connectivity index (χ4n) is 3.86. The van der Waals surface area contributed by atoms with Crippen molar-refractivity contribution >= 4 is 5.91 Å². The average Bonchev–Trinajstić information content (AvgIpc) is 2.81.